The van der Waals surface area contributed by atoms with E-state index in [2.05, 4.69) is 0 Å². The van der Waals surface area contributed by atoms with Crippen LogP contribution < -0.4 is 0 Å². The van der Waals surface area contributed by atoms with E-state index in [4.69, 9.17) is 5.11 Å². The number of thioether (sulfide) groups is 1. The van der Waals surface area contributed by atoms with E-state index in [-0.39, 0.29) is 11.3 Å². The maximum atomic E-state index is 10.7. The van der Waals surface area contributed by atoms with Gasteiger partial charge in [0.05, 0.1) is 0 Å². The number of hydrogen-bond donors (Lipinski definition) is 2. The number of benzene rings is 1. The van der Waals surface area contributed by atoms with Gasteiger partial charge in [-0.05, 0) is 23.4 Å². The molecule has 0 fully saturated rings. The number of hydrogen-bond acceptors (Lipinski definition) is 3. The summed E-state index contributed by atoms with van der Waals surface area (Å²) in [6, 6.07) is 4.68. The third-order valence-corrected chi connectivity index (χ3v) is 2.71. The predicted octanol–water partition coefficient (Wildman–Crippen LogP) is 2.34. The van der Waals surface area contributed by atoms with E-state index in [0.29, 0.717) is 0 Å². The highest BCUT2D eigenvalue weighted by atomic mass is 32.2. The molecule has 0 spiro atoms. The summed E-state index contributed by atoms with van der Waals surface area (Å²) in [4.78, 5) is 10.7. The molecule has 2 N–H and O–H groups in total. The number of rotatable bonds is 4. The van der Waals surface area contributed by atoms with Crippen molar-refractivity contribution in [2.75, 3.05) is 5.75 Å². The van der Waals surface area contributed by atoms with Crippen molar-refractivity contribution in [1.82, 2.24) is 0 Å². The van der Waals surface area contributed by atoms with Crippen molar-refractivity contribution in [3.05, 3.63) is 29.3 Å². The Morgan fingerprint density at radius 1 is 1.50 bits per heavy atom. The van der Waals surface area contributed by atoms with E-state index in [1.165, 1.54) is 12.1 Å². The zero-order chi connectivity index (χ0) is 10.6. The first-order valence-electron chi connectivity index (χ1n) is 4.28. The summed E-state index contributed by atoms with van der Waals surface area (Å²) in [5.74, 6) is 0.494. The molecule has 1 aromatic rings. The molecule has 0 aliphatic rings. The Labute approximate surface area is 86.8 Å². The quantitative estimate of drug-likeness (QED) is 0.804. The molecule has 76 valence electrons. The number of carboxylic acid groups (broad SMARTS) is 1. The molecule has 1 rings (SSSR count). The van der Waals surface area contributed by atoms with Crippen molar-refractivity contribution < 1.29 is 15.0 Å². The van der Waals surface area contributed by atoms with Crippen LogP contribution in [0.2, 0.25) is 0 Å². The molecule has 0 saturated heterocycles. The SMILES string of the molecule is CCSCc1ccc(O)c(C(=O)O)c1. The zero-order valence-corrected chi connectivity index (χ0v) is 8.67. The third-order valence-electron chi connectivity index (χ3n) is 1.76. The van der Waals surface area contributed by atoms with Crippen LogP contribution in [0, 0.1) is 0 Å². The summed E-state index contributed by atoms with van der Waals surface area (Å²) in [5, 5.41) is 18.0. The van der Waals surface area contributed by atoms with E-state index >= 15 is 0 Å². The van der Waals surface area contributed by atoms with Crippen molar-refractivity contribution in [3.8, 4) is 5.75 Å². The maximum absolute atomic E-state index is 10.7. The minimum absolute atomic E-state index is 0.0285. The molecule has 0 aliphatic heterocycles. The second-order valence-electron chi connectivity index (χ2n) is 2.79. The largest absolute Gasteiger partial charge is 0.507 e. The number of carboxylic acids is 1. The third kappa shape index (κ3) is 2.67. The van der Waals surface area contributed by atoms with Crippen LogP contribution in [0.1, 0.15) is 22.8 Å². The minimum atomic E-state index is -1.09. The van der Waals surface area contributed by atoms with E-state index in [1.807, 2.05) is 6.92 Å². The molecule has 0 unspecified atom stereocenters. The fraction of sp³-hybridized carbons (Fsp3) is 0.300. The second kappa shape index (κ2) is 4.91. The highest BCUT2D eigenvalue weighted by molar-refractivity contribution is 7.98. The van der Waals surface area contributed by atoms with Crippen molar-refractivity contribution in [3.63, 3.8) is 0 Å². The fourth-order valence-electron chi connectivity index (χ4n) is 1.06. The number of phenols is 1. The highest BCUT2D eigenvalue weighted by Crippen LogP contribution is 2.21. The first kappa shape index (κ1) is 10.9. The Hall–Kier alpha value is -1.16. The Morgan fingerprint density at radius 3 is 2.79 bits per heavy atom. The van der Waals surface area contributed by atoms with Crippen LogP contribution in [0.3, 0.4) is 0 Å². The summed E-state index contributed by atoms with van der Waals surface area (Å²) in [6.07, 6.45) is 0. The van der Waals surface area contributed by atoms with Crippen molar-refractivity contribution in [1.29, 1.82) is 0 Å². The molecule has 0 aromatic heterocycles. The van der Waals surface area contributed by atoms with E-state index in [0.717, 1.165) is 17.1 Å². The minimum Gasteiger partial charge on any atom is -0.507 e. The summed E-state index contributed by atoms with van der Waals surface area (Å²) in [7, 11) is 0. The molecule has 4 heteroatoms. The van der Waals surface area contributed by atoms with Gasteiger partial charge in [-0.3, -0.25) is 0 Å². The van der Waals surface area contributed by atoms with E-state index in [1.54, 1.807) is 17.8 Å². The molecule has 0 amide bonds. The van der Waals surface area contributed by atoms with Gasteiger partial charge < -0.3 is 10.2 Å². The van der Waals surface area contributed by atoms with Gasteiger partial charge in [-0.15, -0.1) is 0 Å². The molecule has 1 aromatic carbocycles. The van der Waals surface area contributed by atoms with Gasteiger partial charge in [0, 0.05) is 5.75 Å². The summed E-state index contributed by atoms with van der Waals surface area (Å²) < 4.78 is 0. The molecule has 3 nitrogen and oxygen atoms in total. The molecular formula is C10H12O3S. The van der Waals surface area contributed by atoms with Crippen molar-refractivity contribution in [2.24, 2.45) is 0 Å². The Morgan fingerprint density at radius 2 is 2.21 bits per heavy atom. The van der Waals surface area contributed by atoms with E-state index < -0.39 is 5.97 Å². The molecule has 0 bridgehead atoms. The Bertz CT molecular complexity index is 336. The van der Waals surface area contributed by atoms with Gasteiger partial charge in [0.1, 0.15) is 11.3 Å². The first-order valence-corrected chi connectivity index (χ1v) is 5.43. The molecular weight excluding hydrogens is 200 g/mol. The molecule has 0 saturated carbocycles. The van der Waals surface area contributed by atoms with Crippen LogP contribution in [0.4, 0.5) is 0 Å². The molecule has 0 radical (unpaired) electrons. The van der Waals surface area contributed by atoms with Crippen LogP contribution in [-0.2, 0) is 5.75 Å². The van der Waals surface area contributed by atoms with Crippen LogP contribution in [0.25, 0.3) is 0 Å². The maximum Gasteiger partial charge on any atom is 0.339 e. The average molecular weight is 212 g/mol. The molecule has 0 heterocycles. The first-order chi connectivity index (χ1) is 6.65. The van der Waals surface area contributed by atoms with Crippen molar-refractivity contribution >= 4 is 17.7 Å². The standard InChI is InChI=1S/C10H12O3S/c1-2-14-6-7-3-4-9(11)8(5-7)10(12)13/h3-5,11H,2,6H2,1H3,(H,12,13). The summed E-state index contributed by atoms with van der Waals surface area (Å²) >= 11 is 1.71. The smallest absolute Gasteiger partial charge is 0.339 e. The van der Waals surface area contributed by atoms with Gasteiger partial charge in [-0.1, -0.05) is 13.0 Å². The summed E-state index contributed by atoms with van der Waals surface area (Å²) in [5.41, 5.74) is 0.895. The van der Waals surface area contributed by atoms with Gasteiger partial charge in [-0.25, -0.2) is 4.79 Å². The molecule has 0 aliphatic carbocycles. The van der Waals surface area contributed by atoms with Gasteiger partial charge in [0.25, 0.3) is 0 Å². The van der Waals surface area contributed by atoms with Gasteiger partial charge in [-0.2, -0.15) is 11.8 Å². The Balaban J connectivity index is 2.89. The number of aromatic hydroxyl groups is 1. The lowest BCUT2D eigenvalue weighted by Crippen LogP contribution is -1.97. The lowest BCUT2D eigenvalue weighted by Gasteiger charge is -2.03. The predicted molar refractivity (Wildman–Crippen MR) is 56.9 cm³/mol. The number of carbonyl (C=O) groups is 1. The zero-order valence-electron chi connectivity index (χ0n) is 7.86. The van der Waals surface area contributed by atoms with E-state index in [9.17, 15) is 9.90 Å². The van der Waals surface area contributed by atoms with Crippen molar-refractivity contribution in [2.45, 2.75) is 12.7 Å². The van der Waals surface area contributed by atoms with Crippen LogP contribution >= 0.6 is 11.8 Å². The second-order valence-corrected chi connectivity index (χ2v) is 4.07. The van der Waals surface area contributed by atoms with Gasteiger partial charge in [0.15, 0.2) is 0 Å². The van der Waals surface area contributed by atoms with Gasteiger partial charge >= 0.3 is 5.97 Å². The topological polar surface area (TPSA) is 57.5 Å². The number of aromatic carboxylic acids is 1. The van der Waals surface area contributed by atoms with Crippen LogP contribution in [-0.4, -0.2) is 21.9 Å². The highest BCUT2D eigenvalue weighted by Gasteiger charge is 2.09. The molecule has 14 heavy (non-hydrogen) atoms. The molecule has 0 atom stereocenters. The lowest BCUT2D eigenvalue weighted by atomic mass is 10.1. The lowest BCUT2D eigenvalue weighted by molar-refractivity contribution is 0.0693. The van der Waals surface area contributed by atoms with Gasteiger partial charge in [0.2, 0.25) is 0 Å². The normalized spacial score (nSPS) is 10.1. The summed E-state index contributed by atoms with van der Waals surface area (Å²) in [6.45, 7) is 2.04. The average Bonchev–Trinajstić information content (AvgIpc) is 2.16. The fourth-order valence-corrected chi connectivity index (χ4v) is 1.68. The monoisotopic (exact) mass is 212 g/mol. The van der Waals surface area contributed by atoms with Crippen LogP contribution in [0.15, 0.2) is 18.2 Å². The van der Waals surface area contributed by atoms with Crippen LogP contribution in [0.5, 0.6) is 5.75 Å². The Kier molecular flexibility index (Phi) is 3.83.